The Morgan fingerprint density at radius 3 is 1.00 bits per heavy atom. The summed E-state index contributed by atoms with van der Waals surface area (Å²) in [5.74, 6) is 0. The third-order valence-electron chi connectivity index (χ3n) is 0. The van der Waals surface area contributed by atoms with Gasteiger partial charge in [0.15, 0.2) is 0 Å². The van der Waals surface area contributed by atoms with Gasteiger partial charge in [-0.25, -0.2) is 0 Å². The first-order valence-corrected chi connectivity index (χ1v) is 1.34. The van der Waals surface area contributed by atoms with E-state index >= 15 is 0 Å². The van der Waals surface area contributed by atoms with Gasteiger partial charge >= 0.3 is 4.70 Å². The molecule has 0 saturated carbocycles. The van der Waals surface area contributed by atoms with Crippen LogP contribution >= 0.6 is 74.1 Å². The summed E-state index contributed by atoms with van der Waals surface area (Å²) in [6.45, 7) is 0. The summed E-state index contributed by atoms with van der Waals surface area (Å²) < 4.78 is -0.889. The highest BCUT2D eigenvalue weighted by molar-refractivity contribution is 8.93. The second-order valence-corrected chi connectivity index (χ2v) is 1.11. The average Bonchev–Trinajstić information content (AvgIpc) is 0.811. The molecule has 6 heteroatoms. The molecule has 0 spiro atoms. The summed E-state index contributed by atoms with van der Waals surface area (Å²) in [5, 5.41) is 0. The molecule has 0 radical (unpaired) electrons. The Morgan fingerprint density at radius 1 is 1.00 bits per heavy atom. The lowest BCUT2D eigenvalue weighted by atomic mass is 11.8. The maximum Gasteiger partial charge on any atom is 0.313 e. The molecule has 0 aliphatic heterocycles. The van der Waals surface area contributed by atoms with E-state index in [4.69, 9.17) is 4.79 Å². The molecule has 7 heavy (non-hydrogen) atoms. The summed E-state index contributed by atoms with van der Waals surface area (Å²) in [5.41, 5.74) is 0. The molecule has 0 aromatic carbocycles. The molecule has 0 heterocycles. The van der Waals surface area contributed by atoms with E-state index in [1.165, 1.54) is 0 Å². The van der Waals surface area contributed by atoms with Gasteiger partial charge in [-0.2, -0.15) is 0 Å². The van der Waals surface area contributed by atoms with E-state index < -0.39 is 4.70 Å². The number of rotatable bonds is 0. The second kappa shape index (κ2) is 15.6. The van der Waals surface area contributed by atoms with Gasteiger partial charge in [-0.1, -0.05) is 0 Å². The van der Waals surface area contributed by atoms with Crippen LogP contribution in [0.1, 0.15) is 0 Å². The van der Waals surface area contributed by atoms with Crippen molar-refractivity contribution in [1.29, 1.82) is 0 Å². The molecule has 0 rings (SSSR count). The summed E-state index contributed by atoms with van der Waals surface area (Å²) >= 11 is 8.80. The van der Waals surface area contributed by atoms with Crippen molar-refractivity contribution in [3.63, 3.8) is 0 Å². The molecule has 0 N–H and O–H groups in total. The topological polar surface area (TPSA) is 17.1 Å². The van der Waals surface area contributed by atoms with Crippen LogP contribution in [0, 0.1) is 0 Å². The van der Waals surface area contributed by atoms with Crippen molar-refractivity contribution in [2.75, 3.05) is 0 Å². The monoisotopic (exact) mass is 338 g/mol. The predicted octanol–water partition coefficient (Wildman–Crippen LogP) is 3.32. The standard InChI is InChI=1S/CCl2O.3BrH/c2-1(3)4;;;/h;3*1H. The zero-order chi connectivity index (χ0) is 3.58. The van der Waals surface area contributed by atoms with Crippen LogP contribution in [-0.2, 0) is 0 Å². The highest BCUT2D eigenvalue weighted by atomic mass is 79.9. The molecule has 48 valence electrons. The Bertz CT molecular complexity index is 35.9. The van der Waals surface area contributed by atoms with E-state index in [1.807, 2.05) is 0 Å². The van der Waals surface area contributed by atoms with E-state index in [2.05, 4.69) is 23.2 Å². The number of halogens is 5. The van der Waals surface area contributed by atoms with E-state index in [-0.39, 0.29) is 50.9 Å². The molecule has 0 aromatic rings. The molecule has 0 aliphatic rings. The smallest absolute Gasteiger partial charge is 0.262 e. The minimum absolute atomic E-state index is 0. The van der Waals surface area contributed by atoms with Crippen LogP contribution in [-0.4, -0.2) is 4.70 Å². The van der Waals surface area contributed by atoms with E-state index in [0.29, 0.717) is 0 Å². The van der Waals surface area contributed by atoms with Gasteiger partial charge in [-0.15, -0.1) is 50.9 Å². The Labute approximate surface area is 83.0 Å². The molecule has 0 fully saturated rings. The lowest BCUT2D eigenvalue weighted by Gasteiger charge is -1.48. The SMILES string of the molecule is Br.Br.Br.O=C(Cl)Cl. The first-order chi connectivity index (χ1) is 1.73. The van der Waals surface area contributed by atoms with Gasteiger partial charge in [-0.3, -0.25) is 4.79 Å². The first-order valence-electron chi connectivity index (χ1n) is 0.582. The molecule has 0 saturated heterocycles. The van der Waals surface area contributed by atoms with Crippen LogP contribution in [0.25, 0.3) is 0 Å². The fourth-order valence-electron chi connectivity index (χ4n) is 0. The van der Waals surface area contributed by atoms with Gasteiger partial charge in [0.25, 0.3) is 0 Å². The summed E-state index contributed by atoms with van der Waals surface area (Å²) in [6, 6.07) is 0. The lowest BCUT2D eigenvalue weighted by Crippen LogP contribution is -1.46. The highest BCUT2D eigenvalue weighted by Gasteiger charge is 1.72. The highest BCUT2D eigenvalue weighted by Crippen LogP contribution is 1.84. The molecular formula is CH3Br3Cl2O. The third kappa shape index (κ3) is 87.2. The minimum Gasteiger partial charge on any atom is -0.262 e. The van der Waals surface area contributed by atoms with Crippen molar-refractivity contribution in [2.24, 2.45) is 0 Å². The van der Waals surface area contributed by atoms with E-state index in [9.17, 15) is 0 Å². The molecule has 0 aromatic heterocycles. The quantitative estimate of drug-likeness (QED) is 0.618. The van der Waals surface area contributed by atoms with Crippen molar-refractivity contribution in [3.8, 4) is 0 Å². The summed E-state index contributed by atoms with van der Waals surface area (Å²) in [4.78, 5) is 8.98. The average molecular weight is 342 g/mol. The number of hydrogen-bond acceptors (Lipinski definition) is 1. The molecule has 0 bridgehead atoms. The van der Waals surface area contributed by atoms with Crippen LogP contribution in [0.3, 0.4) is 0 Å². The van der Waals surface area contributed by atoms with Gasteiger partial charge in [0.2, 0.25) is 0 Å². The van der Waals surface area contributed by atoms with Gasteiger partial charge in [0, 0.05) is 0 Å². The largest absolute Gasteiger partial charge is 0.313 e. The second-order valence-electron chi connectivity index (χ2n) is 0.226. The maximum atomic E-state index is 8.98. The van der Waals surface area contributed by atoms with Crippen molar-refractivity contribution < 1.29 is 4.79 Å². The molecular weight excluding hydrogens is 339 g/mol. The Hall–Kier alpha value is 1.69. The molecule has 0 atom stereocenters. The van der Waals surface area contributed by atoms with Gasteiger partial charge in [-0.05, 0) is 23.2 Å². The van der Waals surface area contributed by atoms with Gasteiger partial charge in [0.05, 0.1) is 0 Å². The van der Waals surface area contributed by atoms with Crippen LogP contribution < -0.4 is 0 Å². The van der Waals surface area contributed by atoms with Crippen LogP contribution in [0.4, 0.5) is 4.79 Å². The number of hydrogen-bond donors (Lipinski definition) is 0. The number of carbonyl (C=O) groups excluding carboxylic acids is 1. The minimum atomic E-state index is -0.889. The zero-order valence-corrected chi connectivity index (χ0v) is 9.54. The molecule has 1 nitrogen and oxygen atoms in total. The molecule has 0 unspecified atom stereocenters. The van der Waals surface area contributed by atoms with E-state index in [1.54, 1.807) is 0 Å². The van der Waals surface area contributed by atoms with Crippen molar-refractivity contribution in [1.82, 2.24) is 0 Å². The van der Waals surface area contributed by atoms with Crippen LogP contribution in [0.5, 0.6) is 0 Å². The molecule has 0 aliphatic carbocycles. The Kier molecular flexibility index (Phi) is 52.2. The van der Waals surface area contributed by atoms with Crippen molar-refractivity contribution in [2.45, 2.75) is 0 Å². The van der Waals surface area contributed by atoms with Crippen LogP contribution in [0.2, 0.25) is 0 Å². The third-order valence-corrected chi connectivity index (χ3v) is 0. The fraction of sp³-hybridized carbons (Fsp3) is 0. The normalized spacial score (nSPS) is 3.71. The Balaban J connectivity index is -0.0000000150. The fourth-order valence-corrected chi connectivity index (χ4v) is 0. The van der Waals surface area contributed by atoms with Gasteiger partial charge in [0.1, 0.15) is 0 Å². The predicted molar refractivity (Wildman–Crippen MR) is 48.1 cm³/mol. The first kappa shape index (κ1) is 23.4. The van der Waals surface area contributed by atoms with Crippen molar-refractivity contribution in [3.05, 3.63) is 0 Å². The van der Waals surface area contributed by atoms with Crippen molar-refractivity contribution >= 4 is 78.8 Å². The Morgan fingerprint density at radius 2 is 1.00 bits per heavy atom. The molecule has 0 amide bonds. The maximum absolute atomic E-state index is 8.98. The van der Waals surface area contributed by atoms with E-state index in [0.717, 1.165) is 0 Å². The van der Waals surface area contributed by atoms with Crippen LogP contribution in [0.15, 0.2) is 0 Å². The number of carbonyl (C=O) groups is 1. The summed E-state index contributed by atoms with van der Waals surface area (Å²) in [6.07, 6.45) is 0. The summed E-state index contributed by atoms with van der Waals surface area (Å²) in [7, 11) is 0. The lowest BCUT2D eigenvalue weighted by molar-refractivity contribution is 0.275. The zero-order valence-electron chi connectivity index (χ0n) is 2.89. The van der Waals surface area contributed by atoms with Gasteiger partial charge < -0.3 is 0 Å².